The quantitative estimate of drug-likeness (QED) is 0.421. The number of anilines is 5. The van der Waals surface area contributed by atoms with Crippen LogP contribution in [0, 0.1) is 6.92 Å². The number of amides is 1. The van der Waals surface area contributed by atoms with E-state index in [1.54, 1.807) is 18.3 Å². The van der Waals surface area contributed by atoms with Crippen LogP contribution in [0.15, 0.2) is 72.5 Å². The van der Waals surface area contributed by atoms with E-state index < -0.39 is 0 Å². The Kier molecular flexibility index (Phi) is 5.44. The van der Waals surface area contributed by atoms with Crippen molar-refractivity contribution < 1.29 is 4.79 Å². The van der Waals surface area contributed by atoms with E-state index in [9.17, 15) is 4.79 Å². The third-order valence-electron chi connectivity index (χ3n) is 4.00. The van der Waals surface area contributed by atoms with Crippen molar-refractivity contribution in [2.45, 2.75) is 6.92 Å². The van der Waals surface area contributed by atoms with Gasteiger partial charge in [0.2, 0.25) is 0 Å². The van der Waals surface area contributed by atoms with E-state index in [0.717, 1.165) is 22.8 Å². The highest BCUT2D eigenvalue weighted by Crippen LogP contribution is 2.21. The first-order valence-electron chi connectivity index (χ1n) is 8.89. The number of rotatable bonds is 6. The van der Waals surface area contributed by atoms with Crippen molar-refractivity contribution in [2.75, 3.05) is 16.0 Å². The van der Waals surface area contributed by atoms with Crippen molar-refractivity contribution in [3.8, 4) is 0 Å². The number of hydrogen-bond donors (Lipinski definition) is 3. The maximum atomic E-state index is 12.1. The van der Waals surface area contributed by atoms with Gasteiger partial charge < -0.3 is 16.0 Å². The molecule has 0 spiro atoms. The highest BCUT2D eigenvalue weighted by molar-refractivity contribution is 7.12. The summed E-state index contributed by atoms with van der Waals surface area (Å²) < 4.78 is 0. The van der Waals surface area contributed by atoms with Gasteiger partial charge in [-0.25, -0.2) is 15.0 Å². The Bertz CT molecular complexity index is 1110. The van der Waals surface area contributed by atoms with E-state index in [1.165, 1.54) is 17.7 Å². The Morgan fingerprint density at radius 3 is 2.31 bits per heavy atom. The summed E-state index contributed by atoms with van der Waals surface area (Å²) in [6.07, 6.45) is 3.23. The molecule has 3 aromatic heterocycles. The molecule has 0 saturated carbocycles. The van der Waals surface area contributed by atoms with Crippen LogP contribution >= 0.6 is 11.3 Å². The number of benzene rings is 1. The number of hydrogen-bond acceptors (Lipinski definition) is 7. The van der Waals surface area contributed by atoms with Crippen molar-refractivity contribution in [3.63, 3.8) is 0 Å². The van der Waals surface area contributed by atoms with Crippen LogP contribution < -0.4 is 16.0 Å². The van der Waals surface area contributed by atoms with Crippen molar-refractivity contribution in [2.24, 2.45) is 0 Å². The Morgan fingerprint density at radius 1 is 0.862 bits per heavy atom. The third-order valence-corrected chi connectivity index (χ3v) is 4.87. The average Bonchev–Trinajstić information content (AvgIpc) is 3.25. The molecule has 8 heteroatoms. The second-order valence-electron chi connectivity index (χ2n) is 6.27. The van der Waals surface area contributed by atoms with Crippen LogP contribution in [-0.2, 0) is 0 Å². The molecule has 144 valence electrons. The Balaban J connectivity index is 1.41. The molecular weight excluding hydrogens is 384 g/mol. The monoisotopic (exact) mass is 402 g/mol. The molecule has 0 bridgehead atoms. The first kappa shape index (κ1) is 18.6. The SMILES string of the molecule is Cc1ccnc(Nc2cc(Nc3ccc(NC(=O)c4cccs4)cc3)ncn2)c1. The molecule has 1 aromatic carbocycles. The van der Waals surface area contributed by atoms with Crippen LogP contribution in [-0.4, -0.2) is 20.9 Å². The van der Waals surface area contributed by atoms with Gasteiger partial charge in [-0.05, 0) is 60.3 Å². The van der Waals surface area contributed by atoms with E-state index in [0.29, 0.717) is 16.5 Å². The van der Waals surface area contributed by atoms with Crippen molar-refractivity contribution in [1.29, 1.82) is 0 Å². The lowest BCUT2D eigenvalue weighted by Gasteiger charge is -2.09. The zero-order valence-electron chi connectivity index (χ0n) is 15.6. The Morgan fingerprint density at radius 2 is 1.59 bits per heavy atom. The minimum atomic E-state index is -0.114. The fourth-order valence-corrected chi connectivity index (χ4v) is 3.23. The van der Waals surface area contributed by atoms with Gasteiger partial charge in [0.15, 0.2) is 0 Å². The average molecular weight is 402 g/mol. The highest BCUT2D eigenvalue weighted by Gasteiger charge is 2.07. The molecule has 0 fully saturated rings. The van der Waals surface area contributed by atoms with Gasteiger partial charge in [-0.2, -0.15) is 0 Å². The molecular formula is C21H18N6OS. The number of nitrogens with zero attached hydrogens (tertiary/aromatic N) is 3. The molecule has 0 atom stereocenters. The Hall–Kier alpha value is -3.78. The normalized spacial score (nSPS) is 10.4. The van der Waals surface area contributed by atoms with Gasteiger partial charge in [0.05, 0.1) is 4.88 Å². The van der Waals surface area contributed by atoms with E-state index in [2.05, 4.69) is 30.9 Å². The van der Waals surface area contributed by atoms with Gasteiger partial charge in [0.25, 0.3) is 5.91 Å². The second kappa shape index (κ2) is 8.49. The summed E-state index contributed by atoms with van der Waals surface area (Å²) in [7, 11) is 0. The number of nitrogens with one attached hydrogen (secondary N) is 3. The van der Waals surface area contributed by atoms with Crippen molar-refractivity contribution in [1.82, 2.24) is 15.0 Å². The van der Waals surface area contributed by atoms with E-state index in [1.807, 2.05) is 54.8 Å². The largest absolute Gasteiger partial charge is 0.340 e. The molecule has 4 aromatic rings. The molecule has 0 aliphatic carbocycles. The summed E-state index contributed by atoms with van der Waals surface area (Å²) in [6, 6.07) is 16.8. The van der Waals surface area contributed by atoms with Gasteiger partial charge in [0, 0.05) is 23.6 Å². The van der Waals surface area contributed by atoms with Crippen LogP contribution in [0.5, 0.6) is 0 Å². The predicted octanol–water partition coefficient (Wildman–Crippen LogP) is 4.98. The van der Waals surface area contributed by atoms with Crippen molar-refractivity contribution >= 4 is 46.1 Å². The summed E-state index contributed by atoms with van der Waals surface area (Å²) in [5.74, 6) is 1.89. The second-order valence-corrected chi connectivity index (χ2v) is 7.21. The van der Waals surface area contributed by atoms with Gasteiger partial charge >= 0.3 is 0 Å². The minimum Gasteiger partial charge on any atom is -0.340 e. The summed E-state index contributed by atoms with van der Waals surface area (Å²) in [5, 5.41) is 11.1. The van der Waals surface area contributed by atoms with Gasteiger partial charge in [-0.15, -0.1) is 11.3 Å². The molecule has 7 nitrogen and oxygen atoms in total. The topological polar surface area (TPSA) is 91.8 Å². The third kappa shape index (κ3) is 4.94. The molecule has 0 unspecified atom stereocenters. The summed E-state index contributed by atoms with van der Waals surface area (Å²) in [6.45, 7) is 2.01. The lowest BCUT2D eigenvalue weighted by atomic mass is 10.2. The van der Waals surface area contributed by atoms with Crippen LogP contribution in [0.25, 0.3) is 0 Å². The maximum absolute atomic E-state index is 12.1. The zero-order chi connectivity index (χ0) is 20.1. The number of carbonyl (C=O) groups excluding carboxylic acids is 1. The number of thiophene rings is 1. The predicted molar refractivity (Wildman–Crippen MR) is 116 cm³/mol. The van der Waals surface area contributed by atoms with Gasteiger partial charge in [-0.1, -0.05) is 6.07 Å². The molecule has 0 radical (unpaired) electrons. The van der Waals surface area contributed by atoms with E-state index in [4.69, 9.17) is 0 Å². The van der Waals surface area contributed by atoms with Crippen molar-refractivity contribution in [3.05, 3.63) is 82.9 Å². The maximum Gasteiger partial charge on any atom is 0.265 e. The highest BCUT2D eigenvalue weighted by atomic mass is 32.1. The van der Waals surface area contributed by atoms with Gasteiger partial charge in [-0.3, -0.25) is 4.79 Å². The van der Waals surface area contributed by atoms with Gasteiger partial charge in [0.1, 0.15) is 23.8 Å². The first-order chi connectivity index (χ1) is 14.2. The van der Waals surface area contributed by atoms with Crippen LogP contribution in [0.4, 0.5) is 28.8 Å². The fourth-order valence-electron chi connectivity index (χ4n) is 2.62. The summed E-state index contributed by atoms with van der Waals surface area (Å²) in [5.41, 5.74) is 2.68. The van der Waals surface area contributed by atoms with E-state index >= 15 is 0 Å². The summed E-state index contributed by atoms with van der Waals surface area (Å²) >= 11 is 1.41. The first-order valence-corrected chi connectivity index (χ1v) is 9.77. The molecule has 4 rings (SSSR count). The van der Waals surface area contributed by atoms with E-state index in [-0.39, 0.29) is 5.91 Å². The molecule has 0 aliphatic rings. The molecule has 3 N–H and O–H groups in total. The Labute approximate surface area is 171 Å². The molecule has 0 aliphatic heterocycles. The fraction of sp³-hybridized carbons (Fsp3) is 0.0476. The smallest absolute Gasteiger partial charge is 0.265 e. The van der Waals surface area contributed by atoms with Crippen LogP contribution in [0.1, 0.15) is 15.2 Å². The number of carbonyl (C=O) groups is 1. The minimum absolute atomic E-state index is 0.114. The van der Waals surface area contributed by atoms with Crippen LogP contribution in [0.3, 0.4) is 0 Å². The molecule has 29 heavy (non-hydrogen) atoms. The zero-order valence-corrected chi connectivity index (χ0v) is 16.4. The number of pyridine rings is 1. The standard InChI is InChI=1S/C21H18N6OS/c1-14-8-9-22-18(11-14)27-20-12-19(23-13-24-20)25-15-4-6-16(7-5-15)26-21(28)17-3-2-10-29-17/h2-13H,1H3,(H,26,28)(H2,22,23,24,25,27). The molecule has 0 saturated heterocycles. The van der Waals surface area contributed by atoms with Crippen LogP contribution in [0.2, 0.25) is 0 Å². The molecule has 3 heterocycles. The summed E-state index contributed by atoms with van der Waals surface area (Å²) in [4.78, 5) is 25.5. The number of aryl methyl sites for hydroxylation is 1. The lowest BCUT2D eigenvalue weighted by molar-refractivity contribution is 0.103. The molecule has 1 amide bonds. The number of aromatic nitrogens is 3. The lowest BCUT2D eigenvalue weighted by Crippen LogP contribution is -2.09.